The minimum atomic E-state index is -0.766. The van der Waals surface area contributed by atoms with Crippen molar-refractivity contribution in [3.05, 3.63) is 88.4 Å². The number of ketones is 1. The third kappa shape index (κ3) is 3.88. The van der Waals surface area contributed by atoms with Gasteiger partial charge in [0.25, 0.3) is 5.91 Å². The molecule has 2 atom stereocenters. The molecule has 2 aromatic rings. The highest BCUT2D eigenvalue weighted by atomic mass is 16.3. The molecule has 1 aromatic carbocycles. The Balaban J connectivity index is 1.80. The van der Waals surface area contributed by atoms with Crippen molar-refractivity contribution in [3.8, 4) is 0 Å². The van der Waals surface area contributed by atoms with Gasteiger partial charge in [0.15, 0.2) is 17.4 Å². The summed E-state index contributed by atoms with van der Waals surface area (Å²) in [6, 6.07) is 9.78. The van der Waals surface area contributed by atoms with E-state index in [1.807, 2.05) is 25.1 Å². The minimum absolute atomic E-state index is 0.0696. The zero-order valence-electron chi connectivity index (χ0n) is 18.7. The fourth-order valence-electron chi connectivity index (χ4n) is 4.12. The maximum Gasteiger partial charge on any atom is 0.295 e. The highest BCUT2D eigenvalue weighted by Crippen LogP contribution is 2.37. The number of hydrogen-bond acceptors (Lipinski definition) is 5. The van der Waals surface area contributed by atoms with E-state index in [0.717, 1.165) is 17.6 Å². The molecule has 1 N–H and O–H groups in total. The first-order chi connectivity index (χ1) is 15.3. The van der Waals surface area contributed by atoms with Crippen molar-refractivity contribution in [2.75, 3.05) is 4.90 Å². The molecule has 0 fully saturated rings. The second-order valence-corrected chi connectivity index (χ2v) is 8.77. The summed E-state index contributed by atoms with van der Waals surface area (Å²) in [6.45, 7) is 8.08. The van der Waals surface area contributed by atoms with Gasteiger partial charge in [-0.25, -0.2) is 0 Å². The minimum Gasteiger partial charge on any atom is -0.503 e. The molecule has 1 aliphatic carbocycles. The predicted molar refractivity (Wildman–Crippen MR) is 123 cm³/mol. The van der Waals surface area contributed by atoms with E-state index in [0.29, 0.717) is 28.9 Å². The van der Waals surface area contributed by atoms with Crippen molar-refractivity contribution in [1.82, 2.24) is 10.2 Å². The van der Waals surface area contributed by atoms with Crippen LogP contribution in [0.25, 0.3) is 0 Å². The Morgan fingerprint density at radius 1 is 1.09 bits per heavy atom. The maximum atomic E-state index is 13.5. The lowest BCUT2D eigenvalue weighted by Crippen LogP contribution is -2.39. The molecule has 2 aliphatic rings. The van der Waals surface area contributed by atoms with Crippen LogP contribution >= 0.6 is 0 Å². The Kier molecular flexibility index (Phi) is 5.78. The number of aliphatic hydroxyl groups excluding tert-OH is 1. The van der Waals surface area contributed by atoms with Crippen molar-refractivity contribution in [2.24, 2.45) is 11.8 Å². The molecule has 0 saturated heterocycles. The van der Waals surface area contributed by atoms with Crippen LogP contribution in [-0.4, -0.2) is 33.0 Å². The Bertz CT molecular complexity index is 1140. The van der Waals surface area contributed by atoms with E-state index in [1.165, 1.54) is 4.90 Å². The van der Waals surface area contributed by atoms with Crippen LogP contribution in [0.2, 0.25) is 0 Å². The monoisotopic (exact) mass is 429 g/mol. The van der Waals surface area contributed by atoms with Gasteiger partial charge < -0.3 is 5.11 Å². The van der Waals surface area contributed by atoms with Gasteiger partial charge in [0.05, 0.1) is 17.3 Å². The molecule has 0 radical (unpaired) electrons. The topological polar surface area (TPSA) is 83.4 Å². The summed E-state index contributed by atoms with van der Waals surface area (Å²) >= 11 is 0. The standard InChI is InChI=1S/C26H27N3O3/c1-15(2)18-10-12-19(13-11-18)23-22(24(30)20-8-5-16(3)6-9-20)25(31)26(32)29(23)21-14-7-17(4)27-28-21/h5-10,12-15,18,23,31H,11H2,1-4H3. The molecular weight excluding hydrogens is 402 g/mol. The molecule has 1 aliphatic heterocycles. The normalized spacial score (nSPS) is 20.8. The lowest BCUT2D eigenvalue weighted by molar-refractivity contribution is -0.117. The Hall–Kier alpha value is -3.54. The van der Waals surface area contributed by atoms with E-state index >= 15 is 0 Å². The van der Waals surface area contributed by atoms with Gasteiger partial charge in [0.2, 0.25) is 0 Å². The van der Waals surface area contributed by atoms with Crippen LogP contribution in [0.5, 0.6) is 0 Å². The van der Waals surface area contributed by atoms with Crippen LogP contribution < -0.4 is 4.90 Å². The number of nitrogens with zero attached hydrogens (tertiary/aromatic N) is 3. The molecule has 2 unspecified atom stereocenters. The fourth-order valence-corrected chi connectivity index (χ4v) is 4.12. The second kappa shape index (κ2) is 8.54. The summed E-state index contributed by atoms with van der Waals surface area (Å²) in [4.78, 5) is 28.0. The molecular formula is C26H27N3O3. The average Bonchev–Trinajstić information content (AvgIpc) is 3.05. The number of aromatic nitrogens is 2. The quantitative estimate of drug-likeness (QED) is 0.699. The number of benzene rings is 1. The Morgan fingerprint density at radius 2 is 1.81 bits per heavy atom. The van der Waals surface area contributed by atoms with Crippen LogP contribution in [0.4, 0.5) is 5.82 Å². The van der Waals surface area contributed by atoms with Crippen molar-refractivity contribution in [1.29, 1.82) is 0 Å². The fraction of sp³-hybridized carbons (Fsp3) is 0.308. The molecule has 0 spiro atoms. The zero-order valence-corrected chi connectivity index (χ0v) is 18.7. The number of anilines is 1. The largest absolute Gasteiger partial charge is 0.503 e. The number of amides is 1. The Morgan fingerprint density at radius 3 is 2.38 bits per heavy atom. The van der Waals surface area contributed by atoms with E-state index in [1.54, 1.807) is 31.2 Å². The molecule has 1 aromatic heterocycles. The SMILES string of the molecule is Cc1ccc(C(=O)C2=C(O)C(=O)N(c3ccc(C)nn3)C2C2=CCC(C(C)C)C=C2)cc1. The average molecular weight is 430 g/mol. The van der Waals surface area contributed by atoms with Gasteiger partial charge in [0, 0.05) is 5.56 Å². The van der Waals surface area contributed by atoms with E-state index < -0.39 is 17.7 Å². The number of hydrogen-bond donors (Lipinski definition) is 1. The van der Waals surface area contributed by atoms with Gasteiger partial charge >= 0.3 is 0 Å². The van der Waals surface area contributed by atoms with Crippen molar-refractivity contribution < 1.29 is 14.7 Å². The number of Topliss-reactive ketones (excluding diaryl/α,β-unsaturated/α-hetero) is 1. The summed E-state index contributed by atoms with van der Waals surface area (Å²) in [5, 5.41) is 19.1. The van der Waals surface area contributed by atoms with Crippen molar-refractivity contribution >= 4 is 17.5 Å². The molecule has 0 saturated carbocycles. The van der Waals surface area contributed by atoms with Crippen LogP contribution in [0.1, 0.15) is 41.9 Å². The van der Waals surface area contributed by atoms with Gasteiger partial charge in [-0.1, -0.05) is 61.9 Å². The van der Waals surface area contributed by atoms with E-state index in [2.05, 4.69) is 36.2 Å². The lowest BCUT2D eigenvalue weighted by Gasteiger charge is -2.29. The van der Waals surface area contributed by atoms with Crippen molar-refractivity contribution in [2.45, 2.75) is 40.2 Å². The Labute approximate surface area is 188 Å². The van der Waals surface area contributed by atoms with E-state index in [4.69, 9.17) is 0 Å². The first-order valence-electron chi connectivity index (χ1n) is 10.8. The van der Waals surface area contributed by atoms with Crippen LogP contribution in [0, 0.1) is 25.7 Å². The van der Waals surface area contributed by atoms with Crippen LogP contribution in [-0.2, 0) is 4.79 Å². The molecule has 164 valence electrons. The molecule has 6 nitrogen and oxygen atoms in total. The maximum absolute atomic E-state index is 13.5. The first-order valence-corrected chi connectivity index (χ1v) is 10.8. The zero-order chi connectivity index (χ0) is 23.0. The first kappa shape index (κ1) is 21.7. The number of rotatable bonds is 5. The van der Waals surface area contributed by atoms with Crippen molar-refractivity contribution in [3.63, 3.8) is 0 Å². The molecule has 4 rings (SSSR count). The van der Waals surface area contributed by atoms with Gasteiger partial charge in [-0.15, -0.1) is 5.10 Å². The summed E-state index contributed by atoms with van der Waals surface area (Å²) in [5.41, 5.74) is 3.01. The number of carbonyl (C=O) groups is 2. The smallest absolute Gasteiger partial charge is 0.295 e. The highest BCUT2D eigenvalue weighted by Gasteiger charge is 2.46. The molecule has 32 heavy (non-hydrogen) atoms. The highest BCUT2D eigenvalue weighted by molar-refractivity contribution is 6.21. The number of carbonyl (C=O) groups excluding carboxylic acids is 2. The predicted octanol–water partition coefficient (Wildman–Crippen LogP) is 4.66. The van der Waals surface area contributed by atoms with E-state index in [-0.39, 0.29) is 11.4 Å². The van der Waals surface area contributed by atoms with Gasteiger partial charge in [0.1, 0.15) is 0 Å². The second-order valence-electron chi connectivity index (χ2n) is 8.77. The molecule has 1 amide bonds. The van der Waals surface area contributed by atoms with E-state index in [9.17, 15) is 14.7 Å². The van der Waals surface area contributed by atoms with Gasteiger partial charge in [-0.2, -0.15) is 5.10 Å². The summed E-state index contributed by atoms with van der Waals surface area (Å²) in [5.74, 6) is -0.400. The molecule has 6 heteroatoms. The number of aliphatic hydroxyl groups is 1. The summed E-state index contributed by atoms with van der Waals surface area (Å²) in [7, 11) is 0. The van der Waals surface area contributed by atoms with Gasteiger partial charge in [-0.3, -0.25) is 14.5 Å². The van der Waals surface area contributed by atoms with Crippen LogP contribution in [0.3, 0.4) is 0 Å². The molecule has 0 bridgehead atoms. The summed E-state index contributed by atoms with van der Waals surface area (Å²) < 4.78 is 0. The number of aryl methyl sites for hydroxylation is 2. The molecule has 2 heterocycles. The van der Waals surface area contributed by atoms with Crippen LogP contribution in [0.15, 0.2) is 71.5 Å². The number of allylic oxidation sites excluding steroid dienone is 2. The third-order valence-electron chi connectivity index (χ3n) is 6.13. The van der Waals surface area contributed by atoms with Gasteiger partial charge in [-0.05, 0) is 49.8 Å². The summed E-state index contributed by atoms with van der Waals surface area (Å²) in [6.07, 6.45) is 6.93. The third-order valence-corrected chi connectivity index (χ3v) is 6.13. The lowest BCUT2D eigenvalue weighted by atomic mass is 9.83.